The number of benzene rings is 1. The van der Waals surface area contributed by atoms with Crippen molar-refractivity contribution < 1.29 is 8.42 Å². The first-order valence-electron chi connectivity index (χ1n) is 6.08. The van der Waals surface area contributed by atoms with Crippen LogP contribution < -0.4 is 0 Å². The van der Waals surface area contributed by atoms with E-state index < -0.39 is 10.0 Å². The van der Waals surface area contributed by atoms with Gasteiger partial charge in [-0.05, 0) is 31.6 Å². The molecule has 0 aromatic heterocycles. The van der Waals surface area contributed by atoms with E-state index in [1.54, 1.807) is 31.2 Å². The predicted octanol–water partition coefficient (Wildman–Crippen LogP) is 2.55. The van der Waals surface area contributed by atoms with Gasteiger partial charge < -0.3 is 0 Å². The van der Waals surface area contributed by atoms with E-state index in [2.05, 4.69) is 24.5 Å². The molecule has 0 atom stereocenters. The van der Waals surface area contributed by atoms with Crippen molar-refractivity contribution in [3.05, 3.63) is 42.0 Å². The topological polar surface area (TPSA) is 37.4 Å². The summed E-state index contributed by atoms with van der Waals surface area (Å²) in [6, 6.07) is 8.78. The van der Waals surface area contributed by atoms with Crippen LogP contribution in [-0.2, 0) is 10.0 Å². The molecule has 0 saturated heterocycles. The minimum Gasteiger partial charge on any atom is -0.224 e. The van der Waals surface area contributed by atoms with E-state index in [0.29, 0.717) is 6.42 Å². The largest absolute Gasteiger partial charge is 0.270 e. The van der Waals surface area contributed by atoms with Crippen molar-refractivity contribution in [2.24, 2.45) is 0 Å². The van der Waals surface area contributed by atoms with Crippen molar-refractivity contribution in [2.45, 2.75) is 25.2 Å². The fraction of sp³-hybridized carbons (Fsp3) is 0.250. The van der Waals surface area contributed by atoms with E-state index in [0.717, 1.165) is 15.4 Å². The number of rotatable bonds is 4. The molecule has 104 valence electrons. The first-order valence-corrected chi connectivity index (χ1v) is 7.52. The molecule has 0 aliphatic heterocycles. The Bertz CT molecular complexity index is 683. The van der Waals surface area contributed by atoms with Gasteiger partial charge in [0, 0.05) is 12.5 Å². The lowest BCUT2D eigenvalue weighted by atomic mass is 10.2. The van der Waals surface area contributed by atoms with Crippen molar-refractivity contribution in [1.82, 2.24) is 4.31 Å². The Kier molecular flexibility index (Phi) is 5.43. The molecule has 1 aromatic carbocycles. The number of aryl methyl sites for hydroxylation is 1. The molecule has 3 nitrogen and oxygen atoms in total. The summed E-state index contributed by atoms with van der Waals surface area (Å²) in [5.74, 6) is 5.62. The van der Waals surface area contributed by atoms with Gasteiger partial charge in [0.2, 0.25) is 0 Å². The van der Waals surface area contributed by atoms with E-state index in [1.165, 1.54) is 0 Å². The summed E-state index contributed by atoms with van der Waals surface area (Å²) in [6.45, 7) is 7.49. The zero-order valence-electron chi connectivity index (χ0n) is 11.7. The molecule has 0 aliphatic rings. The normalized spacial score (nSPS) is 10.1. The Balaban J connectivity index is 2.89. The van der Waals surface area contributed by atoms with Gasteiger partial charge in [0.1, 0.15) is 0 Å². The Morgan fingerprint density at radius 1 is 1.35 bits per heavy atom. The molecule has 0 saturated carbocycles. The number of terminal acetylenes is 1. The van der Waals surface area contributed by atoms with Gasteiger partial charge in [-0.1, -0.05) is 42.5 Å². The van der Waals surface area contributed by atoms with Gasteiger partial charge in [-0.15, -0.1) is 0 Å². The van der Waals surface area contributed by atoms with Crippen LogP contribution in [0.3, 0.4) is 0 Å². The second kappa shape index (κ2) is 6.84. The number of sulfonamides is 1. The van der Waals surface area contributed by atoms with Crippen molar-refractivity contribution >= 4 is 10.0 Å². The molecule has 0 N–H and O–H groups in total. The van der Waals surface area contributed by atoms with Crippen LogP contribution >= 0.6 is 0 Å². The lowest BCUT2D eigenvalue weighted by Crippen LogP contribution is -2.27. The average molecular weight is 287 g/mol. The van der Waals surface area contributed by atoms with Crippen LogP contribution in [0, 0.1) is 31.2 Å². The molecule has 0 spiro atoms. The highest BCUT2D eigenvalue weighted by molar-refractivity contribution is 7.89. The molecule has 0 radical (unpaired) electrons. The van der Waals surface area contributed by atoms with Gasteiger partial charge in [0.15, 0.2) is 0 Å². The third-order valence-electron chi connectivity index (χ3n) is 2.49. The minimum atomic E-state index is -3.66. The zero-order valence-corrected chi connectivity index (χ0v) is 12.5. The number of hydrogen-bond donors (Lipinski definition) is 0. The first kappa shape index (κ1) is 15.9. The van der Waals surface area contributed by atoms with Gasteiger partial charge >= 0.3 is 0 Å². The predicted molar refractivity (Wildman–Crippen MR) is 81.1 cm³/mol. The summed E-state index contributed by atoms with van der Waals surface area (Å²) in [5, 5.41) is 0. The number of hydrogen-bond acceptors (Lipinski definition) is 2. The number of allylic oxidation sites excluding steroid dienone is 1. The van der Waals surface area contributed by atoms with Crippen LogP contribution in [0.15, 0.2) is 41.3 Å². The second-order valence-corrected chi connectivity index (χ2v) is 6.21. The Morgan fingerprint density at radius 3 is 2.45 bits per heavy atom. The standard InChI is InChI=1S/C16H17NO2S/c1-5-17(13-7-6-8-14(2)3)20(18,19)16-11-9-15(4)10-12-16/h1,9-12H,2,7,13H2,3-4H3. The van der Waals surface area contributed by atoms with Gasteiger partial charge in [-0.25, -0.2) is 12.7 Å². The molecular formula is C16H17NO2S. The minimum absolute atomic E-state index is 0.160. The van der Waals surface area contributed by atoms with Gasteiger partial charge in [-0.3, -0.25) is 0 Å². The van der Waals surface area contributed by atoms with Gasteiger partial charge in [0.05, 0.1) is 11.4 Å². The summed E-state index contributed by atoms with van der Waals surface area (Å²) >= 11 is 0. The summed E-state index contributed by atoms with van der Waals surface area (Å²) in [7, 11) is -3.66. The maximum Gasteiger partial charge on any atom is 0.270 e. The van der Waals surface area contributed by atoms with E-state index in [4.69, 9.17) is 6.42 Å². The fourth-order valence-electron chi connectivity index (χ4n) is 1.46. The fourth-order valence-corrected chi connectivity index (χ4v) is 2.67. The van der Waals surface area contributed by atoms with Crippen LogP contribution in [0.5, 0.6) is 0 Å². The Labute approximate surface area is 121 Å². The van der Waals surface area contributed by atoms with Crippen molar-refractivity contribution in [3.63, 3.8) is 0 Å². The highest BCUT2D eigenvalue weighted by atomic mass is 32.2. The van der Waals surface area contributed by atoms with Crippen LogP contribution in [0.4, 0.5) is 0 Å². The van der Waals surface area contributed by atoms with Crippen LogP contribution in [0.2, 0.25) is 0 Å². The zero-order chi connectivity index (χ0) is 15.2. The molecule has 0 aliphatic carbocycles. The Hall–Kier alpha value is -2.17. The lowest BCUT2D eigenvalue weighted by molar-refractivity contribution is 0.516. The average Bonchev–Trinajstić information content (AvgIpc) is 2.38. The summed E-state index contributed by atoms with van der Waals surface area (Å²) < 4.78 is 25.6. The SMILES string of the molecule is C#CN(CCC#CC(=C)C)S(=O)(=O)c1ccc(C)cc1. The van der Waals surface area contributed by atoms with Crippen molar-refractivity contribution in [2.75, 3.05) is 6.54 Å². The second-order valence-electron chi connectivity index (χ2n) is 4.35. The highest BCUT2D eigenvalue weighted by Crippen LogP contribution is 2.15. The van der Waals surface area contributed by atoms with Crippen LogP contribution in [-0.4, -0.2) is 19.3 Å². The maximum atomic E-state index is 12.3. The summed E-state index contributed by atoms with van der Waals surface area (Å²) in [4.78, 5) is 0.189. The maximum absolute atomic E-state index is 12.3. The molecule has 0 amide bonds. The smallest absolute Gasteiger partial charge is 0.224 e. The van der Waals surface area contributed by atoms with Gasteiger partial charge in [-0.2, -0.15) is 0 Å². The van der Waals surface area contributed by atoms with E-state index in [-0.39, 0.29) is 11.4 Å². The third kappa shape index (κ3) is 4.19. The molecule has 0 fully saturated rings. The van der Waals surface area contributed by atoms with E-state index in [1.807, 2.05) is 6.92 Å². The molecular weight excluding hydrogens is 270 g/mol. The first-order chi connectivity index (χ1) is 9.37. The molecule has 0 heterocycles. The molecule has 4 heteroatoms. The van der Waals surface area contributed by atoms with E-state index in [9.17, 15) is 8.42 Å². The molecule has 1 rings (SSSR count). The quantitative estimate of drug-likeness (QED) is 0.630. The van der Waals surface area contributed by atoms with Crippen molar-refractivity contribution in [1.29, 1.82) is 0 Å². The molecule has 0 unspecified atom stereocenters. The Morgan fingerprint density at radius 2 is 1.95 bits per heavy atom. The number of nitrogens with zero attached hydrogens (tertiary/aromatic N) is 1. The monoisotopic (exact) mass is 287 g/mol. The van der Waals surface area contributed by atoms with Gasteiger partial charge in [0.25, 0.3) is 10.0 Å². The molecule has 0 bridgehead atoms. The molecule has 20 heavy (non-hydrogen) atoms. The highest BCUT2D eigenvalue weighted by Gasteiger charge is 2.20. The summed E-state index contributed by atoms with van der Waals surface area (Å²) in [6.07, 6.45) is 5.66. The summed E-state index contributed by atoms with van der Waals surface area (Å²) in [5.41, 5.74) is 1.72. The lowest BCUT2D eigenvalue weighted by Gasteiger charge is -2.16. The van der Waals surface area contributed by atoms with Crippen LogP contribution in [0.1, 0.15) is 18.9 Å². The van der Waals surface area contributed by atoms with Crippen molar-refractivity contribution in [3.8, 4) is 24.3 Å². The van der Waals surface area contributed by atoms with E-state index >= 15 is 0 Å². The molecule has 1 aromatic rings. The third-order valence-corrected chi connectivity index (χ3v) is 4.23. The van der Waals surface area contributed by atoms with Crippen LogP contribution in [0.25, 0.3) is 0 Å².